The number of benzene rings is 4. The molecule has 4 aromatic rings. The zero-order valence-electron chi connectivity index (χ0n) is 21.5. The molecular formula is C33H30FO3S+. The maximum Gasteiger partial charge on any atom is 0.345 e. The van der Waals surface area contributed by atoms with Crippen molar-refractivity contribution in [2.24, 2.45) is 0 Å². The van der Waals surface area contributed by atoms with Crippen LogP contribution in [0.1, 0.15) is 29.5 Å². The molecule has 0 fully saturated rings. The Balaban J connectivity index is 1.35. The Kier molecular flexibility index (Phi) is 7.66. The molecule has 0 radical (unpaired) electrons. The number of ether oxygens (including phenoxy) is 2. The molecule has 1 aliphatic rings. The van der Waals surface area contributed by atoms with Crippen LogP contribution in [0.4, 0.5) is 4.39 Å². The van der Waals surface area contributed by atoms with E-state index >= 15 is 0 Å². The number of hydrogen-bond donors (Lipinski definition) is 0. The molecule has 5 heteroatoms. The Morgan fingerprint density at radius 3 is 1.92 bits per heavy atom. The van der Waals surface area contributed by atoms with Gasteiger partial charge in [0, 0.05) is 25.0 Å². The first kappa shape index (κ1) is 25.8. The number of carbonyl (C=O) groups is 1. The molecule has 0 N–H and O–H groups in total. The second kappa shape index (κ2) is 11.3. The molecule has 5 rings (SSSR count). The van der Waals surface area contributed by atoms with Gasteiger partial charge in [0.2, 0.25) is 0 Å². The predicted molar refractivity (Wildman–Crippen MR) is 149 cm³/mol. The Hall–Kier alpha value is -3.83. The summed E-state index contributed by atoms with van der Waals surface area (Å²) in [5.74, 6) is -0.147. The Morgan fingerprint density at radius 1 is 0.789 bits per heavy atom. The van der Waals surface area contributed by atoms with Crippen LogP contribution in [0.2, 0.25) is 0 Å². The number of rotatable bonds is 8. The molecule has 0 bridgehead atoms. The van der Waals surface area contributed by atoms with Gasteiger partial charge in [-0.25, -0.2) is 9.18 Å². The first-order valence-electron chi connectivity index (χ1n) is 12.7. The first-order chi connectivity index (χ1) is 18.4. The van der Waals surface area contributed by atoms with Crippen LogP contribution in [0.25, 0.3) is 0 Å². The summed E-state index contributed by atoms with van der Waals surface area (Å²) in [6, 6.07) is 31.5. The molecule has 38 heavy (non-hydrogen) atoms. The van der Waals surface area contributed by atoms with Crippen LogP contribution in [0, 0.1) is 19.7 Å². The van der Waals surface area contributed by atoms with Crippen LogP contribution >= 0.6 is 0 Å². The van der Waals surface area contributed by atoms with E-state index in [2.05, 4.69) is 60.7 Å². The summed E-state index contributed by atoms with van der Waals surface area (Å²) >= 11 is 0. The molecule has 0 spiro atoms. The van der Waals surface area contributed by atoms with Crippen LogP contribution in [-0.4, -0.2) is 12.6 Å². The minimum atomic E-state index is -0.893. The van der Waals surface area contributed by atoms with E-state index in [4.69, 9.17) is 9.47 Å². The second-order valence-electron chi connectivity index (χ2n) is 9.47. The third kappa shape index (κ3) is 5.53. The fraction of sp³-hybridized carbons (Fsp3) is 0.182. The van der Waals surface area contributed by atoms with Gasteiger partial charge in [-0.3, -0.25) is 0 Å². The van der Waals surface area contributed by atoms with Crippen LogP contribution in [0.15, 0.2) is 124 Å². The smallest absolute Gasteiger partial charge is 0.345 e. The second-order valence-corrected chi connectivity index (χ2v) is 11.5. The van der Waals surface area contributed by atoms with Crippen molar-refractivity contribution in [1.29, 1.82) is 0 Å². The summed E-state index contributed by atoms with van der Waals surface area (Å²) in [5.41, 5.74) is 1.68. The molecule has 0 atom stereocenters. The predicted octanol–water partition coefficient (Wildman–Crippen LogP) is 7.71. The molecule has 0 saturated carbocycles. The van der Waals surface area contributed by atoms with Gasteiger partial charge < -0.3 is 9.47 Å². The van der Waals surface area contributed by atoms with Gasteiger partial charge in [0.05, 0.1) is 10.9 Å². The van der Waals surface area contributed by atoms with E-state index in [0.717, 1.165) is 11.1 Å². The number of esters is 1. The van der Waals surface area contributed by atoms with E-state index in [1.54, 1.807) is 12.1 Å². The highest BCUT2D eigenvalue weighted by Crippen LogP contribution is 2.39. The summed E-state index contributed by atoms with van der Waals surface area (Å²) in [5, 5.41) is 0. The van der Waals surface area contributed by atoms with Crippen molar-refractivity contribution in [3.05, 3.63) is 132 Å². The highest BCUT2D eigenvalue weighted by Gasteiger charge is 2.37. The highest BCUT2D eigenvalue weighted by molar-refractivity contribution is 7.97. The number of hydrogen-bond acceptors (Lipinski definition) is 3. The monoisotopic (exact) mass is 525 g/mol. The van der Waals surface area contributed by atoms with Crippen molar-refractivity contribution in [2.45, 2.75) is 47.0 Å². The molecule has 192 valence electrons. The van der Waals surface area contributed by atoms with Gasteiger partial charge in [0.1, 0.15) is 17.2 Å². The summed E-state index contributed by atoms with van der Waals surface area (Å²) < 4.78 is 25.9. The molecular weight excluding hydrogens is 495 g/mol. The molecule has 4 aromatic carbocycles. The van der Waals surface area contributed by atoms with E-state index in [1.165, 1.54) is 26.8 Å². The average molecular weight is 526 g/mol. The van der Waals surface area contributed by atoms with Crippen molar-refractivity contribution in [3.63, 3.8) is 0 Å². The minimum Gasteiger partial charge on any atom is -0.481 e. The zero-order chi connectivity index (χ0) is 26.5. The van der Waals surface area contributed by atoms with Gasteiger partial charge in [-0.05, 0) is 66.9 Å². The van der Waals surface area contributed by atoms with Crippen molar-refractivity contribution in [3.8, 4) is 5.75 Å². The SMILES string of the molecule is Cc1cc([S+](c2ccccc2)c2ccccc2)cc(C)c1OCC(=O)OC1(c2cccc(F)c2)CC=CC1. The standard InChI is InChI=1S/C33H30FO3S/c1-24-20-30(38(28-14-5-3-6-15-28)29-16-7-4-8-17-29)21-25(2)32(24)36-23-31(35)37-33(18-9-10-19-33)26-12-11-13-27(34)22-26/h3-17,20-22H,18-19,23H2,1-2H3/q+1. The van der Waals surface area contributed by atoms with Crippen molar-refractivity contribution in [2.75, 3.05) is 6.61 Å². The van der Waals surface area contributed by atoms with Gasteiger partial charge in [0.25, 0.3) is 0 Å². The quantitative estimate of drug-likeness (QED) is 0.134. The zero-order valence-corrected chi connectivity index (χ0v) is 22.3. The van der Waals surface area contributed by atoms with E-state index < -0.39 is 11.6 Å². The van der Waals surface area contributed by atoms with Crippen molar-refractivity contribution >= 4 is 16.9 Å². The van der Waals surface area contributed by atoms with Gasteiger partial charge in [0.15, 0.2) is 21.3 Å². The van der Waals surface area contributed by atoms with Gasteiger partial charge in [-0.1, -0.05) is 60.7 Å². The average Bonchev–Trinajstić information content (AvgIpc) is 3.39. The van der Waals surface area contributed by atoms with Crippen molar-refractivity contribution < 1.29 is 18.7 Å². The Bertz CT molecular complexity index is 1380. The van der Waals surface area contributed by atoms with Gasteiger partial charge in [-0.15, -0.1) is 0 Å². The topological polar surface area (TPSA) is 35.5 Å². The number of aryl methyl sites for hydroxylation is 2. The third-order valence-corrected chi connectivity index (χ3v) is 8.88. The molecule has 0 unspecified atom stereocenters. The Labute approximate surface area is 226 Å². The fourth-order valence-corrected chi connectivity index (χ4v) is 7.20. The highest BCUT2D eigenvalue weighted by atomic mass is 32.2. The molecule has 1 aliphatic carbocycles. The van der Waals surface area contributed by atoms with Crippen LogP contribution in [0.3, 0.4) is 0 Å². The lowest BCUT2D eigenvalue weighted by atomic mass is 9.91. The molecule has 0 saturated heterocycles. The first-order valence-corrected chi connectivity index (χ1v) is 13.9. The Morgan fingerprint density at radius 2 is 1.37 bits per heavy atom. The molecule has 0 aliphatic heterocycles. The molecule has 0 heterocycles. The summed E-state index contributed by atoms with van der Waals surface area (Å²) in [4.78, 5) is 16.6. The molecule has 0 amide bonds. The molecule has 3 nitrogen and oxygen atoms in total. The van der Waals surface area contributed by atoms with Crippen LogP contribution < -0.4 is 4.74 Å². The van der Waals surface area contributed by atoms with Crippen LogP contribution in [0.5, 0.6) is 5.75 Å². The fourth-order valence-electron chi connectivity index (χ4n) is 4.94. The molecule has 0 aromatic heterocycles. The van der Waals surface area contributed by atoms with Crippen LogP contribution in [-0.2, 0) is 26.0 Å². The number of carbonyl (C=O) groups excluding carboxylic acids is 1. The van der Waals surface area contributed by atoms with E-state index in [9.17, 15) is 9.18 Å². The van der Waals surface area contributed by atoms with E-state index in [0.29, 0.717) is 24.2 Å². The van der Waals surface area contributed by atoms with E-state index in [1.807, 2.05) is 38.1 Å². The maximum absolute atomic E-state index is 13.9. The van der Waals surface area contributed by atoms with E-state index in [-0.39, 0.29) is 23.3 Å². The maximum atomic E-state index is 13.9. The lowest BCUT2D eigenvalue weighted by molar-refractivity contribution is -0.162. The summed E-state index contributed by atoms with van der Waals surface area (Å²) in [6.07, 6.45) is 4.94. The lowest BCUT2D eigenvalue weighted by Crippen LogP contribution is -2.32. The number of halogens is 1. The van der Waals surface area contributed by atoms with Gasteiger partial charge >= 0.3 is 5.97 Å². The minimum absolute atomic E-state index is 0.221. The summed E-state index contributed by atoms with van der Waals surface area (Å²) in [6.45, 7) is 3.79. The van der Waals surface area contributed by atoms with Gasteiger partial charge in [-0.2, -0.15) is 0 Å². The largest absolute Gasteiger partial charge is 0.481 e. The third-order valence-electron chi connectivity index (χ3n) is 6.68. The normalized spacial score (nSPS) is 14.0. The van der Waals surface area contributed by atoms with Crippen molar-refractivity contribution in [1.82, 2.24) is 0 Å². The lowest BCUT2D eigenvalue weighted by Gasteiger charge is -2.29. The summed E-state index contributed by atoms with van der Waals surface area (Å²) in [7, 11) is -0.273.